The van der Waals surface area contributed by atoms with E-state index in [4.69, 9.17) is 10.5 Å². The fraction of sp³-hybridized carbons (Fsp3) is 0.143. The van der Waals surface area contributed by atoms with Gasteiger partial charge >= 0.3 is 6.18 Å². The minimum atomic E-state index is -4.44. The summed E-state index contributed by atoms with van der Waals surface area (Å²) >= 11 is 1.37. The second kappa shape index (κ2) is 8.98. The summed E-state index contributed by atoms with van der Waals surface area (Å²) in [6.45, 7) is 1.39. The summed E-state index contributed by atoms with van der Waals surface area (Å²) < 4.78 is 45.1. The minimum absolute atomic E-state index is 0.0617. The fourth-order valence-electron chi connectivity index (χ4n) is 3.00. The van der Waals surface area contributed by atoms with Crippen LogP contribution < -0.4 is 15.8 Å². The number of nitrogens with zero attached hydrogens (tertiary/aromatic N) is 4. The maximum atomic E-state index is 13.1. The summed E-state index contributed by atoms with van der Waals surface area (Å²) in [6.07, 6.45) is -1.09. The smallest absolute Gasteiger partial charge is 0.416 e. The van der Waals surface area contributed by atoms with Gasteiger partial charge in [0.05, 0.1) is 11.8 Å². The lowest BCUT2D eigenvalue weighted by Gasteiger charge is -2.13. The number of thioether (sulfide) groups is 1. The zero-order valence-corrected chi connectivity index (χ0v) is 18.3. The number of nitrogen functional groups attached to an aromatic ring is 1. The van der Waals surface area contributed by atoms with Crippen LogP contribution in [0.25, 0.3) is 11.4 Å². The summed E-state index contributed by atoms with van der Waals surface area (Å²) in [7, 11) is 0. The van der Waals surface area contributed by atoms with Crippen molar-refractivity contribution < 1.29 is 17.9 Å². The van der Waals surface area contributed by atoms with Crippen molar-refractivity contribution in [3.63, 3.8) is 0 Å². The van der Waals surface area contributed by atoms with E-state index in [0.29, 0.717) is 28.0 Å². The molecule has 0 fully saturated rings. The number of alkyl halides is 3. The van der Waals surface area contributed by atoms with Crippen LogP contribution in [0.1, 0.15) is 11.1 Å². The third-order valence-corrected chi connectivity index (χ3v) is 5.23. The van der Waals surface area contributed by atoms with Gasteiger partial charge < -0.3 is 15.8 Å². The molecule has 4 rings (SSSR count). The minimum Gasteiger partial charge on any atom is -0.452 e. The van der Waals surface area contributed by atoms with Crippen molar-refractivity contribution >= 4 is 29.2 Å². The van der Waals surface area contributed by atoms with Gasteiger partial charge in [0.25, 0.3) is 0 Å². The molecule has 33 heavy (non-hydrogen) atoms. The Labute approximate surface area is 190 Å². The third-order valence-electron chi connectivity index (χ3n) is 4.67. The molecule has 0 aliphatic heterocycles. The van der Waals surface area contributed by atoms with Gasteiger partial charge in [-0.25, -0.2) is 9.97 Å². The molecular weight excluding hydrogens is 455 g/mol. The van der Waals surface area contributed by atoms with E-state index in [2.05, 4.69) is 30.5 Å². The second-order valence-electron chi connectivity index (χ2n) is 6.84. The molecule has 2 heterocycles. The lowest BCUT2D eigenvalue weighted by Crippen LogP contribution is -2.09. The normalized spacial score (nSPS) is 11.4. The van der Waals surface area contributed by atoms with Crippen molar-refractivity contribution in [2.24, 2.45) is 0 Å². The Balaban J connectivity index is 1.48. The van der Waals surface area contributed by atoms with Crippen LogP contribution in [0, 0.1) is 6.92 Å². The van der Waals surface area contributed by atoms with Gasteiger partial charge in [-0.1, -0.05) is 17.8 Å². The van der Waals surface area contributed by atoms with Crippen LogP contribution in [0.2, 0.25) is 0 Å². The molecule has 8 nitrogen and oxygen atoms in total. The molecule has 4 N–H and O–H groups in total. The first-order chi connectivity index (χ1) is 15.7. The van der Waals surface area contributed by atoms with Crippen molar-refractivity contribution in [3.8, 4) is 22.9 Å². The Kier molecular flexibility index (Phi) is 6.09. The Morgan fingerprint density at radius 3 is 2.52 bits per heavy atom. The van der Waals surface area contributed by atoms with E-state index in [1.54, 1.807) is 24.3 Å². The van der Waals surface area contributed by atoms with Crippen molar-refractivity contribution in [1.82, 2.24) is 25.1 Å². The maximum absolute atomic E-state index is 13.1. The molecule has 0 amide bonds. The number of ether oxygens (including phenoxy) is 1. The largest absolute Gasteiger partial charge is 0.452 e. The van der Waals surface area contributed by atoms with E-state index in [1.807, 2.05) is 6.26 Å². The highest BCUT2D eigenvalue weighted by Gasteiger charge is 2.33. The molecule has 0 aliphatic carbocycles. The van der Waals surface area contributed by atoms with Crippen molar-refractivity contribution in [3.05, 3.63) is 59.8 Å². The molecule has 0 spiro atoms. The highest BCUT2D eigenvalue weighted by molar-refractivity contribution is 7.98. The Bertz CT molecular complexity index is 1280. The molecule has 0 saturated heterocycles. The number of halogens is 3. The molecule has 170 valence electrons. The summed E-state index contributed by atoms with van der Waals surface area (Å²) in [6, 6.07) is 10.8. The summed E-state index contributed by atoms with van der Waals surface area (Å²) in [5.41, 5.74) is 6.21. The second-order valence-corrected chi connectivity index (χ2v) is 7.61. The number of nitrogens with one attached hydrogen (secondary N) is 2. The van der Waals surface area contributed by atoms with Crippen LogP contribution in [-0.2, 0) is 6.18 Å². The Morgan fingerprint density at radius 1 is 1.09 bits per heavy atom. The number of nitrogens with two attached hydrogens (primary N) is 1. The first-order valence-corrected chi connectivity index (χ1v) is 10.8. The molecule has 2 aromatic heterocycles. The number of aromatic nitrogens is 5. The fourth-order valence-corrected chi connectivity index (χ4v) is 3.34. The van der Waals surface area contributed by atoms with Gasteiger partial charge in [-0.2, -0.15) is 18.2 Å². The Hall–Kier alpha value is -3.80. The van der Waals surface area contributed by atoms with Crippen LogP contribution in [0.3, 0.4) is 0 Å². The van der Waals surface area contributed by atoms with Crippen LogP contribution in [0.15, 0.2) is 53.8 Å². The standard InChI is InChI=1S/C21H18F3N7OS/c1-11-14(21(22,23)24)4-3-5-15(11)27-19-29-18(30-31-19)12-6-8-13(9-7-12)32-16-10-26-20(33-2)28-17(16)25/h3-10H,1-2H3,(H2,25,26,28)(H2,27,29,30,31). The van der Waals surface area contributed by atoms with Crippen LogP contribution in [0.4, 0.5) is 30.6 Å². The molecule has 0 unspecified atom stereocenters. The van der Waals surface area contributed by atoms with E-state index >= 15 is 0 Å². The zero-order chi connectivity index (χ0) is 23.6. The lowest BCUT2D eigenvalue weighted by molar-refractivity contribution is -0.138. The topological polar surface area (TPSA) is 115 Å². The molecule has 2 aromatic carbocycles. The quantitative estimate of drug-likeness (QED) is 0.251. The molecule has 4 aromatic rings. The predicted octanol–water partition coefficient (Wildman–Crippen LogP) is 5.43. The van der Waals surface area contributed by atoms with Gasteiger partial charge in [-0.05, 0) is 55.1 Å². The zero-order valence-electron chi connectivity index (χ0n) is 17.4. The molecule has 0 aliphatic rings. The summed E-state index contributed by atoms with van der Waals surface area (Å²) in [5, 5.41) is 10.2. The average Bonchev–Trinajstić information content (AvgIpc) is 3.25. The SMILES string of the molecule is CSc1ncc(Oc2ccc(-c3nc(Nc4cccc(C(F)(F)F)c4C)n[nH]3)cc2)c(N)n1. The van der Waals surface area contributed by atoms with Gasteiger partial charge in [0.2, 0.25) is 5.95 Å². The summed E-state index contributed by atoms with van der Waals surface area (Å²) in [4.78, 5) is 12.6. The molecule has 0 bridgehead atoms. The van der Waals surface area contributed by atoms with Crippen molar-refractivity contribution in [1.29, 1.82) is 0 Å². The van der Waals surface area contributed by atoms with Crippen LogP contribution >= 0.6 is 11.8 Å². The predicted molar refractivity (Wildman–Crippen MR) is 120 cm³/mol. The number of hydrogen-bond donors (Lipinski definition) is 3. The number of rotatable bonds is 6. The van der Waals surface area contributed by atoms with Gasteiger partial charge in [0.1, 0.15) is 5.75 Å². The molecule has 0 saturated carbocycles. The monoisotopic (exact) mass is 473 g/mol. The third kappa shape index (κ3) is 5.00. The van der Waals surface area contributed by atoms with Gasteiger partial charge in [-0.3, -0.25) is 5.10 Å². The number of benzene rings is 2. The average molecular weight is 473 g/mol. The Morgan fingerprint density at radius 2 is 1.85 bits per heavy atom. The van der Waals surface area contributed by atoms with Gasteiger partial charge in [-0.15, -0.1) is 5.10 Å². The highest BCUT2D eigenvalue weighted by Crippen LogP contribution is 2.35. The number of H-pyrrole nitrogens is 1. The summed E-state index contributed by atoms with van der Waals surface area (Å²) in [5.74, 6) is 1.66. The van der Waals surface area contributed by atoms with Crippen LogP contribution in [-0.4, -0.2) is 31.4 Å². The highest BCUT2D eigenvalue weighted by atomic mass is 32.2. The molecule has 12 heteroatoms. The first kappa shape index (κ1) is 22.4. The van der Waals surface area contributed by atoms with E-state index < -0.39 is 11.7 Å². The van der Waals surface area contributed by atoms with E-state index in [0.717, 1.165) is 6.07 Å². The molecule has 0 atom stereocenters. The number of hydrogen-bond acceptors (Lipinski definition) is 8. The van der Waals surface area contributed by atoms with E-state index in [1.165, 1.54) is 37.0 Å². The van der Waals surface area contributed by atoms with Crippen molar-refractivity contribution in [2.45, 2.75) is 18.3 Å². The molecular formula is C21H18F3N7OS. The van der Waals surface area contributed by atoms with E-state index in [9.17, 15) is 13.2 Å². The number of anilines is 3. The number of aromatic amines is 1. The van der Waals surface area contributed by atoms with Crippen LogP contribution in [0.5, 0.6) is 11.5 Å². The van der Waals surface area contributed by atoms with E-state index in [-0.39, 0.29) is 23.0 Å². The maximum Gasteiger partial charge on any atom is 0.416 e. The van der Waals surface area contributed by atoms with Gasteiger partial charge in [0, 0.05) is 11.3 Å². The van der Waals surface area contributed by atoms with Gasteiger partial charge in [0.15, 0.2) is 22.5 Å². The van der Waals surface area contributed by atoms with Crippen molar-refractivity contribution in [2.75, 3.05) is 17.3 Å². The molecule has 0 radical (unpaired) electrons. The lowest BCUT2D eigenvalue weighted by atomic mass is 10.1. The first-order valence-electron chi connectivity index (χ1n) is 9.55.